The molecule has 2 heterocycles. The number of aromatic nitrogens is 3. The maximum Gasteiger partial charge on any atom is 0.343 e. The van der Waals surface area contributed by atoms with Crippen molar-refractivity contribution in [1.29, 1.82) is 0 Å². The van der Waals surface area contributed by atoms with Crippen molar-refractivity contribution in [2.24, 2.45) is 0 Å². The number of para-hydroxylation sites is 1. The smallest absolute Gasteiger partial charge is 0.343 e. The van der Waals surface area contributed by atoms with E-state index in [2.05, 4.69) is 15.6 Å². The first-order valence-corrected chi connectivity index (χ1v) is 10.1. The highest BCUT2D eigenvalue weighted by atomic mass is 16.5. The molecular formula is C24H22N4O4. The van der Waals surface area contributed by atoms with E-state index in [-0.39, 0.29) is 5.82 Å². The molecule has 2 aromatic heterocycles. The second kappa shape index (κ2) is 8.89. The molecule has 4 rings (SSSR count). The molecule has 0 bridgehead atoms. The van der Waals surface area contributed by atoms with Crippen LogP contribution >= 0.6 is 0 Å². The molecule has 4 aromatic rings. The fourth-order valence-electron chi connectivity index (χ4n) is 3.44. The molecule has 1 N–H and O–H groups in total. The number of amides is 1. The number of carbonyl (C=O) groups is 2. The van der Waals surface area contributed by atoms with Crippen molar-refractivity contribution >= 4 is 17.7 Å². The number of nitrogens with one attached hydrogen (secondary N) is 1. The Balaban J connectivity index is 1.63. The summed E-state index contributed by atoms with van der Waals surface area (Å²) in [6.45, 7) is 5.24. The van der Waals surface area contributed by atoms with Gasteiger partial charge in [0.2, 0.25) is 6.10 Å². The Kier molecular flexibility index (Phi) is 5.85. The third kappa shape index (κ3) is 4.29. The van der Waals surface area contributed by atoms with Gasteiger partial charge in [0.25, 0.3) is 5.91 Å². The lowest BCUT2D eigenvalue weighted by atomic mass is 10.1. The average Bonchev–Trinajstić information content (AvgIpc) is 3.34. The van der Waals surface area contributed by atoms with Gasteiger partial charge in [-0.2, -0.15) is 5.10 Å². The maximum atomic E-state index is 13.2. The van der Waals surface area contributed by atoms with Gasteiger partial charge in [-0.3, -0.25) is 4.79 Å². The Labute approximate surface area is 184 Å². The number of esters is 1. The summed E-state index contributed by atoms with van der Waals surface area (Å²) in [6, 6.07) is 19.9. The number of hydrogen-bond acceptors (Lipinski definition) is 6. The first-order chi connectivity index (χ1) is 15.4. The van der Waals surface area contributed by atoms with Crippen molar-refractivity contribution in [3.05, 3.63) is 95.0 Å². The van der Waals surface area contributed by atoms with Crippen molar-refractivity contribution in [2.45, 2.75) is 26.9 Å². The van der Waals surface area contributed by atoms with Crippen molar-refractivity contribution in [3.63, 3.8) is 0 Å². The quantitative estimate of drug-likeness (QED) is 0.457. The van der Waals surface area contributed by atoms with Crippen molar-refractivity contribution in [2.75, 3.05) is 5.32 Å². The largest absolute Gasteiger partial charge is 0.444 e. The van der Waals surface area contributed by atoms with Gasteiger partial charge < -0.3 is 14.6 Å². The molecule has 0 spiro atoms. The zero-order valence-electron chi connectivity index (χ0n) is 17.9. The number of hydrogen-bond donors (Lipinski definition) is 1. The summed E-state index contributed by atoms with van der Waals surface area (Å²) in [5, 5.41) is 10.9. The predicted octanol–water partition coefficient (Wildman–Crippen LogP) is 4.32. The number of anilines is 1. The van der Waals surface area contributed by atoms with E-state index in [1.807, 2.05) is 36.4 Å². The molecular weight excluding hydrogens is 408 g/mol. The average molecular weight is 430 g/mol. The van der Waals surface area contributed by atoms with E-state index < -0.39 is 18.0 Å². The van der Waals surface area contributed by atoms with E-state index in [9.17, 15) is 9.59 Å². The molecule has 0 radical (unpaired) electrons. The summed E-state index contributed by atoms with van der Waals surface area (Å²) in [4.78, 5) is 26.2. The number of aryl methyl sites for hydroxylation is 2. The third-order valence-corrected chi connectivity index (χ3v) is 4.94. The van der Waals surface area contributed by atoms with E-state index in [4.69, 9.17) is 9.26 Å². The highest BCUT2D eigenvalue weighted by Crippen LogP contribution is 2.25. The Morgan fingerprint density at radius 3 is 2.28 bits per heavy atom. The van der Waals surface area contributed by atoms with E-state index >= 15 is 0 Å². The molecule has 0 aliphatic rings. The van der Waals surface area contributed by atoms with Gasteiger partial charge in [0, 0.05) is 11.6 Å². The van der Waals surface area contributed by atoms with Gasteiger partial charge in [-0.1, -0.05) is 53.7 Å². The number of rotatable bonds is 6. The van der Waals surface area contributed by atoms with Crippen LogP contribution in [0.5, 0.6) is 0 Å². The SMILES string of the molecule is Cc1cc(NC(=O)C(OC(=O)c2c(C)nn(-c3ccccc3)c2C)c2ccccc2)no1. The van der Waals surface area contributed by atoms with Crippen LogP contribution in [0.25, 0.3) is 5.69 Å². The van der Waals surface area contributed by atoms with Gasteiger partial charge >= 0.3 is 5.97 Å². The van der Waals surface area contributed by atoms with Gasteiger partial charge in [-0.25, -0.2) is 9.48 Å². The fraction of sp³-hybridized carbons (Fsp3) is 0.167. The van der Waals surface area contributed by atoms with Crippen LogP contribution < -0.4 is 5.32 Å². The molecule has 1 amide bonds. The molecule has 0 saturated heterocycles. The molecule has 2 aromatic carbocycles. The predicted molar refractivity (Wildman–Crippen MR) is 118 cm³/mol. The van der Waals surface area contributed by atoms with Crippen LogP contribution in [0.2, 0.25) is 0 Å². The van der Waals surface area contributed by atoms with E-state index in [1.54, 1.807) is 55.8 Å². The second-order valence-corrected chi connectivity index (χ2v) is 7.30. The summed E-state index contributed by atoms with van der Waals surface area (Å²) in [7, 11) is 0. The summed E-state index contributed by atoms with van der Waals surface area (Å²) >= 11 is 0. The molecule has 0 saturated carbocycles. The van der Waals surface area contributed by atoms with Crippen molar-refractivity contribution in [1.82, 2.24) is 14.9 Å². The lowest BCUT2D eigenvalue weighted by Crippen LogP contribution is -2.26. The summed E-state index contributed by atoms with van der Waals surface area (Å²) in [5.41, 5.74) is 2.81. The monoisotopic (exact) mass is 430 g/mol. The first kappa shape index (κ1) is 21.0. The van der Waals surface area contributed by atoms with Crippen LogP contribution in [0.3, 0.4) is 0 Å². The van der Waals surface area contributed by atoms with E-state index in [0.717, 1.165) is 5.69 Å². The van der Waals surface area contributed by atoms with Gasteiger partial charge in [0.15, 0.2) is 5.82 Å². The topological polar surface area (TPSA) is 99.2 Å². The van der Waals surface area contributed by atoms with Gasteiger partial charge in [-0.15, -0.1) is 0 Å². The van der Waals surface area contributed by atoms with Crippen LogP contribution in [0.1, 0.15) is 39.2 Å². The lowest BCUT2D eigenvalue weighted by Gasteiger charge is -2.17. The third-order valence-electron chi connectivity index (χ3n) is 4.94. The molecule has 8 heteroatoms. The zero-order chi connectivity index (χ0) is 22.7. The van der Waals surface area contributed by atoms with Crippen LogP contribution in [0, 0.1) is 20.8 Å². The Morgan fingerprint density at radius 2 is 1.66 bits per heavy atom. The number of nitrogens with zero attached hydrogens (tertiary/aromatic N) is 3. The standard InChI is InChI=1S/C24H22N4O4/c1-15-14-20(27-32-15)25-23(29)22(18-10-6-4-7-11-18)31-24(30)21-16(2)26-28(17(21)3)19-12-8-5-9-13-19/h4-14,22H,1-3H3,(H,25,27,29). The lowest BCUT2D eigenvalue weighted by molar-refractivity contribution is -0.125. The molecule has 162 valence electrons. The summed E-state index contributed by atoms with van der Waals surface area (Å²) in [5.74, 6) is -0.381. The Bertz CT molecular complexity index is 1250. The van der Waals surface area contributed by atoms with Gasteiger partial charge in [0.1, 0.15) is 11.3 Å². The normalized spacial score (nSPS) is 11.7. The minimum absolute atomic E-state index is 0.244. The second-order valence-electron chi connectivity index (χ2n) is 7.30. The number of ether oxygens (including phenoxy) is 1. The molecule has 32 heavy (non-hydrogen) atoms. The van der Waals surface area contributed by atoms with Crippen LogP contribution in [-0.2, 0) is 9.53 Å². The highest BCUT2D eigenvalue weighted by Gasteiger charge is 2.29. The zero-order valence-corrected chi connectivity index (χ0v) is 17.9. The number of benzene rings is 2. The van der Waals surface area contributed by atoms with E-state index in [0.29, 0.717) is 28.3 Å². The molecule has 0 fully saturated rings. The number of carbonyl (C=O) groups excluding carboxylic acids is 2. The van der Waals surface area contributed by atoms with E-state index in [1.165, 1.54) is 0 Å². The minimum atomic E-state index is -1.18. The Morgan fingerprint density at radius 1 is 1.00 bits per heavy atom. The summed E-state index contributed by atoms with van der Waals surface area (Å²) in [6.07, 6.45) is -1.18. The van der Waals surface area contributed by atoms with Crippen molar-refractivity contribution in [3.8, 4) is 5.69 Å². The Hall–Kier alpha value is -4.20. The summed E-state index contributed by atoms with van der Waals surface area (Å²) < 4.78 is 12.4. The fourth-order valence-corrected chi connectivity index (χ4v) is 3.44. The molecule has 0 aliphatic heterocycles. The van der Waals surface area contributed by atoms with Crippen LogP contribution in [0.15, 0.2) is 71.3 Å². The minimum Gasteiger partial charge on any atom is -0.444 e. The molecule has 8 nitrogen and oxygen atoms in total. The van der Waals surface area contributed by atoms with Crippen LogP contribution in [-0.4, -0.2) is 26.8 Å². The van der Waals surface area contributed by atoms with Gasteiger partial charge in [0.05, 0.1) is 17.1 Å². The van der Waals surface area contributed by atoms with Gasteiger partial charge in [-0.05, 0) is 32.9 Å². The molecule has 1 atom stereocenters. The highest BCUT2D eigenvalue weighted by molar-refractivity contribution is 5.98. The molecule has 1 unspecified atom stereocenters. The maximum absolute atomic E-state index is 13.2. The molecule has 0 aliphatic carbocycles. The first-order valence-electron chi connectivity index (χ1n) is 10.1. The van der Waals surface area contributed by atoms with Crippen molar-refractivity contribution < 1.29 is 18.8 Å². The van der Waals surface area contributed by atoms with Crippen LogP contribution in [0.4, 0.5) is 5.82 Å².